The molecule has 30 heavy (non-hydrogen) atoms. The smallest absolute Gasteiger partial charge is 0.230 e. The largest absolute Gasteiger partial charge is 0.319 e. The lowest BCUT2D eigenvalue weighted by atomic mass is 9.98. The summed E-state index contributed by atoms with van der Waals surface area (Å²) in [5.41, 5.74) is 6.29. The molecule has 3 aromatic rings. The quantitative estimate of drug-likeness (QED) is 0.510. The monoisotopic (exact) mass is 418 g/mol. The first-order valence-corrected chi connectivity index (χ1v) is 11.6. The molecule has 1 amide bonds. The topological polar surface area (TPSA) is 23.6 Å². The number of thiophene rings is 1. The minimum absolute atomic E-state index is 0.195. The minimum atomic E-state index is 0.195. The van der Waals surface area contributed by atoms with Crippen LogP contribution in [0.2, 0.25) is 0 Å². The zero-order valence-corrected chi connectivity index (χ0v) is 19.0. The van der Waals surface area contributed by atoms with Crippen molar-refractivity contribution in [1.29, 1.82) is 0 Å². The molecule has 4 rings (SSSR count). The number of carbonyl (C=O) groups excluding carboxylic acids is 1. The number of rotatable bonds is 7. The first-order chi connectivity index (χ1) is 14.5. The van der Waals surface area contributed by atoms with Gasteiger partial charge in [0, 0.05) is 24.0 Å². The van der Waals surface area contributed by atoms with E-state index in [2.05, 4.69) is 73.6 Å². The lowest BCUT2D eigenvalue weighted by Crippen LogP contribution is -2.30. The van der Waals surface area contributed by atoms with Crippen molar-refractivity contribution in [2.24, 2.45) is 0 Å². The third kappa shape index (κ3) is 4.66. The Hall–Kier alpha value is -2.43. The van der Waals surface area contributed by atoms with Gasteiger partial charge in [-0.15, -0.1) is 11.3 Å². The Morgan fingerprint density at radius 1 is 1.10 bits per heavy atom. The Morgan fingerprint density at radius 2 is 1.90 bits per heavy atom. The molecular weight excluding hydrogens is 388 g/mol. The summed E-state index contributed by atoms with van der Waals surface area (Å²) in [5, 5.41) is 3.68. The molecule has 0 N–H and O–H groups in total. The predicted octanol–water partition coefficient (Wildman–Crippen LogP) is 5.44. The number of benzene rings is 2. The van der Waals surface area contributed by atoms with E-state index in [9.17, 15) is 4.79 Å². The first-order valence-electron chi connectivity index (χ1n) is 10.7. The van der Waals surface area contributed by atoms with Crippen molar-refractivity contribution in [2.45, 2.75) is 33.1 Å². The summed E-state index contributed by atoms with van der Waals surface area (Å²) in [4.78, 5) is 17.0. The van der Waals surface area contributed by atoms with E-state index in [4.69, 9.17) is 0 Å². The first kappa shape index (κ1) is 20.8. The van der Waals surface area contributed by atoms with Crippen molar-refractivity contribution in [2.75, 3.05) is 26.7 Å². The summed E-state index contributed by atoms with van der Waals surface area (Å²) >= 11 is 1.83. The van der Waals surface area contributed by atoms with Gasteiger partial charge in [0.15, 0.2) is 0 Å². The second kappa shape index (κ2) is 9.15. The lowest BCUT2D eigenvalue weighted by molar-refractivity contribution is -0.127. The van der Waals surface area contributed by atoms with Crippen LogP contribution in [0.4, 0.5) is 0 Å². The summed E-state index contributed by atoms with van der Waals surface area (Å²) in [6.45, 7) is 7.04. The number of hydrogen-bond acceptors (Lipinski definition) is 3. The second-order valence-corrected chi connectivity index (χ2v) is 9.29. The molecule has 156 valence electrons. The van der Waals surface area contributed by atoms with Gasteiger partial charge in [-0.2, -0.15) is 0 Å². The standard InChI is InChI=1S/C26H30N2OS/c1-19-15-21-10-14-28(26(29)17-23(21)16-20(19)2)12-6-11-27(3)13-9-22-18-30-25-8-5-4-7-24(22)25/h4-5,7-8,10,14-16,18H,6,9,11-13,17H2,1-3H3. The van der Waals surface area contributed by atoms with Gasteiger partial charge in [-0.05, 0) is 91.0 Å². The molecule has 2 heterocycles. The highest BCUT2D eigenvalue weighted by molar-refractivity contribution is 7.17. The van der Waals surface area contributed by atoms with Crippen molar-refractivity contribution in [3.8, 4) is 0 Å². The Bertz CT molecular complexity index is 1080. The highest BCUT2D eigenvalue weighted by atomic mass is 32.1. The molecule has 4 heteroatoms. The molecule has 0 fully saturated rings. The van der Waals surface area contributed by atoms with Crippen LogP contribution < -0.4 is 0 Å². The van der Waals surface area contributed by atoms with Gasteiger partial charge in [0.25, 0.3) is 0 Å². The van der Waals surface area contributed by atoms with Gasteiger partial charge < -0.3 is 9.80 Å². The number of hydrogen-bond donors (Lipinski definition) is 0. The summed E-state index contributed by atoms with van der Waals surface area (Å²) in [7, 11) is 2.18. The molecule has 0 saturated carbocycles. The van der Waals surface area contributed by atoms with E-state index in [0.717, 1.165) is 38.0 Å². The van der Waals surface area contributed by atoms with Crippen LogP contribution in [0.1, 0.15) is 34.2 Å². The summed E-state index contributed by atoms with van der Waals surface area (Å²) in [6.07, 6.45) is 6.60. The van der Waals surface area contributed by atoms with Crippen LogP contribution in [-0.2, 0) is 17.6 Å². The highest BCUT2D eigenvalue weighted by Gasteiger charge is 2.17. The van der Waals surface area contributed by atoms with Crippen LogP contribution in [0.5, 0.6) is 0 Å². The van der Waals surface area contributed by atoms with Crippen LogP contribution in [-0.4, -0.2) is 42.4 Å². The fourth-order valence-corrected chi connectivity index (χ4v) is 5.08. The maximum Gasteiger partial charge on any atom is 0.230 e. The molecule has 0 atom stereocenters. The van der Waals surface area contributed by atoms with Crippen LogP contribution >= 0.6 is 11.3 Å². The number of fused-ring (bicyclic) bond motifs is 2. The van der Waals surface area contributed by atoms with Crippen LogP contribution in [0.25, 0.3) is 16.2 Å². The SMILES string of the molecule is Cc1cc2c(cc1C)CC(=O)N(CCCN(C)CCc1csc3ccccc13)C=C2. The van der Waals surface area contributed by atoms with Gasteiger partial charge in [-0.1, -0.05) is 30.3 Å². The van der Waals surface area contributed by atoms with Gasteiger partial charge in [0.05, 0.1) is 6.42 Å². The maximum absolute atomic E-state index is 12.7. The molecule has 0 unspecified atom stereocenters. The summed E-state index contributed by atoms with van der Waals surface area (Å²) < 4.78 is 1.37. The number of nitrogens with zero attached hydrogens (tertiary/aromatic N) is 2. The Kier molecular flexibility index (Phi) is 6.35. The van der Waals surface area contributed by atoms with E-state index >= 15 is 0 Å². The Labute approximate surface area is 183 Å². The third-order valence-electron chi connectivity index (χ3n) is 6.11. The number of aryl methyl sites for hydroxylation is 2. The van der Waals surface area contributed by atoms with E-state index in [0.29, 0.717) is 6.42 Å². The van der Waals surface area contributed by atoms with Crippen molar-refractivity contribution in [1.82, 2.24) is 9.80 Å². The number of likely N-dealkylation sites (N-methyl/N-ethyl adjacent to an activating group) is 1. The molecule has 3 nitrogen and oxygen atoms in total. The minimum Gasteiger partial charge on any atom is -0.319 e. The van der Waals surface area contributed by atoms with E-state index in [1.54, 1.807) is 0 Å². The van der Waals surface area contributed by atoms with Crippen molar-refractivity contribution >= 4 is 33.4 Å². The molecule has 0 radical (unpaired) electrons. The summed E-state index contributed by atoms with van der Waals surface area (Å²) in [6, 6.07) is 13.0. The van der Waals surface area contributed by atoms with E-state index in [-0.39, 0.29) is 5.91 Å². The Morgan fingerprint density at radius 3 is 2.77 bits per heavy atom. The lowest BCUT2D eigenvalue weighted by Gasteiger charge is -2.20. The van der Waals surface area contributed by atoms with Crippen LogP contribution in [0.15, 0.2) is 48.0 Å². The zero-order chi connectivity index (χ0) is 21.1. The average Bonchev–Trinajstić information content (AvgIpc) is 3.08. The van der Waals surface area contributed by atoms with E-state index in [1.807, 2.05) is 22.4 Å². The molecule has 1 aliphatic rings. The average molecular weight is 419 g/mol. The van der Waals surface area contributed by atoms with E-state index < -0.39 is 0 Å². The summed E-state index contributed by atoms with van der Waals surface area (Å²) in [5.74, 6) is 0.195. The normalized spacial score (nSPS) is 13.9. The second-order valence-electron chi connectivity index (χ2n) is 8.38. The molecule has 1 aromatic heterocycles. The zero-order valence-electron chi connectivity index (χ0n) is 18.1. The molecular formula is C26H30N2OS. The van der Waals surface area contributed by atoms with Gasteiger partial charge in [0.1, 0.15) is 0 Å². The molecule has 0 bridgehead atoms. The molecule has 0 saturated heterocycles. The van der Waals surface area contributed by atoms with Gasteiger partial charge in [-0.25, -0.2) is 0 Å². The van der Waals surface area contributed by atoms with Crippen molar-refractivity contribution in [3.05, 3.63) is 75.8 Å². The van der Waals surface area contributed by atoms with Crippen LogP contribution in [0, 0.1) is 13.8 Å². The molecule has 1 aliphatic heterocycles. The molecule has 0 spiro atoms. The van der Waals surface area contributed by atoms with Gasteiger partial charge >= 0.3 is 0 Å². The van der Waals surface area contributed by atoms with Crippen molar-refractivity contribution < 1.29 is 4.79 Å². The Balaban J connectivity index is 1.27. The number of carbonyl (C=O) groups is 1. The van der Waals surface area contributed by atoms with Crippen molar-refractivity contribution in [3.63, 3.8) is 0 Å². The molecule has 0 aliphatic carbocycles. The van der Waals surface area contributed by atoms with Crippen LogP contribution in [0.3, 0.4) is 0 Å². The predicted molar refractivity (Wildman–Crippen MR) is 128 cm³/mol. The maximum atomic E-state index is 12.7. The fourth-order valence-electron chi connectivity index (χ4n) is 4.08. The van der Waals surface area contributed by atoms with Gasteiger partial charge in [-0.3, -0.25) is 4.79 Å². The fraction of sp³-hybridized carbons (Fsp3) is 0.346. The number of amides is 1. The van der Waals surface area contributed by atoms with Gasteiger partial charge in [0.2, 0.25) is 5.91 Å². The molecule has 2 aromatic carbocycles. The highest BCUT2D eigenvalue weighted by Crippen LogP contribution is 2.26. The van der Waals surface area contributed by atoms with E-state index in [1.165, 1.54) is 32.3 Å². The third-order valence-corrected chi connectivity index (χ3v) is 7.13.